The van der Waals surface area contributed by atoms with Gasteiger partial charge < -0.3 is 9.13 Å². The molecule has 0 bridgehead atoms. The molecule has 2 heterocycles. The van der Waals surface area contributed by atoms with Gasteiger partial charge in [0, 0.05) is 32.9 Å². The summed E-state index contributed by atoms with van der Waals surface area (Å²) in [6.45, 7) is 4.52. The summed E-state index contributed by atoms with van der Waals surface area (Å²) in [7, 11) is 0. The van der Waals surface area contributed by atoms with Crippen LogP contribution < -0.4 is 0 Å². The zero-order valence-electron chi connectivity index (χ0n) is 36.8. The maximum Gasteiger partial charge on any atom is 0.0548 e. The summed E-state index contributed by atoms with van der Waals surface area (Å²) in [5.74, 6) is 0. The van der Waals surface area contributed by atoms with Crippen molar-refractivity contribution in [2.75, 3.05) is 0 Å². The van der Waals surface area contributed by atoms with Crippen LogP contribution in [0, 0.1) is 0 Å². The maximum absolute atomic E-state index is 2.45. The SMILES string of the molecule is CCCCc1ccc(-c2cccc(-c3ccc(-n4c5ccccc5c5c6c7ccccc7n(-c7ccc(-c8ccc(CCCC)cc8-c8ccccc8)cc7)c6ccc54)cc3)c2)cc1. The van der Waals surface area contributed by atoms with E-state index >= 15 is 0 Å². The topological polar surface area (TPSA) is 9.86 Å². The molecule has 2 aromatic heterocycles. The van der Waals surface area contributed by atoms with Gasteiger partial charge in [-0.15, -0.1) is 0 Å². The van der Waals surface area contributed by atoms with Gasteiger partial charge in [-0.3, -0.25) is 0 Å². The second-order valence-corrected chi connectivity index (χ2v) is 17.4. The average Bonchev–Trinajstić information content (AvgIpc) is 3.88. The fourth-order valence-corrected chi connectivity index (χ4v) is 10.0. The van der Waals surface area contributed by atoms with Crippen LogP contribution in [0.2, 0.25) is 0 Å². The molecule has 0 N–H and O–H groups in total. The molecule has 310 valence electrons. The van der Waals surface area contributed by atoms with Crippen molar-refractivity contribution in [2.45, 2.75) is 52.4 Å². The van der Waals surface area contributed by atoms with Crippen LogP contribution in [0.5, 0.6) is 0 Å². The molecule has 2 heteroatoms. The van der Waals surface area contributed by atoms with Crippen LogP contribution in [-0.2, 0) is 12.8 Å². The van der Waals surface area contributed by atoms with Crippen molar-refractivity contribution < 1.29 is 0 Å². The highest BCUT2D eigenvalue weighted by Crippen LogP contribution is 2.43. The number of para-hydroxylation sites is 2. The molecule has 64 heavy (non-hydrogen) atoms. The lowest BCUT2D eigenvalue weighted by Crippen LogP contribution is -1.95. The minimum Gasteiger partial charge on any atom is -0.309 e. The lowest BCUT2D eigenvalue weighted by molar-refractivity contribution is 0.795. The van der Waals surface area contributed by atoms with E-state index in [-0.39, 0.29) is 0 Å². The Morgan fingerprint density at radius 3 is 1.33 bits per heavy atom. The van der Waals surface area contributed by atoms with Crippen LogP contribution in [0.25, 0.3) is 99.5 Å². The van der Waals surface area contributed by atoms with Gasteiger partial charge in [-0.25, -0.2) is 0 Å². The molecular formula is C62H52N2. The number of nitrogens with zero attached hydrogens (tertiary/aromatic N) is 2. The number of aryl methyl sites for hydroxylation is 2. The smallest absolute Gasteiger partial charge is 0.0548 e. The summed E-state index contributed by atoms with van der Waals surface area (Å²) in [6, 6.07) is 76.8. The second-order valence-electron chi connectivity index (χ2n) is 17.4. The fraction of sp³-hybridized carbons (Fsp3) is 0.129. The first-order valence-corrected chi connectivity index (χ1v) is 23.2. The lowest BCUT2D eigenvalue weighted by atomic mass is 9.91. The molecule has 0 aliphatic heterocycles. The van der Waals surface area contributed by atoms with Crippen molar-refractivity contribution in [1.82, 2.24) is 9.13 Å². The van der Waals surface area contributed by atoms with Gasteiger partial charge in [0.25, 0.3) is 0 Å². The summed E-state index contributed by atoms with van der Waals surface area (Å²) < 4.78 is 4.90. The van der Waals surface area contributed by atoms with Gasteiger partial charge in [0.15, 0.2) is 0 Å². The molecule has 0 saturated carbocycles. The van der Waals surface area contributed by atoms with Crippen LogP contribution in [-0.4, -0.2) is 9.13 Å². The molecule has 0 atom stereocenters. The van der Waals surface area contributed by atoms with Gasteiger partial charge in [-0.2, -0.15) is 0 Å². The standard InChI is InChI=1S/C62H52N2/c1-3-5-15-43-25-28-45(29-26-43)49-19-14-20-50(42-49)46-30-34-51(35-31-46)63-57-23-12-10-21-54(57)61-59(63)39-40-60-62(61)55-22-11-13-24-58(55)64(60)52-36-32-48(33-37-52)53-38-27-44(16-6-4-2)41-56(53)47-17-8-7-9-18-47/h7-14,17-42H,3-6,15-16H2,1-2H3. The molecule has 2 nitrogen and oxygen atoms in total. The molecule has 0 saturated heterocycles. The van der Waals surface area contributed by atoms with Crippen LogP contribution in [0.4, 0.5) is 0 Å². The van der Waals surface area contributed by atoms with Crippen LogP contribution in [0.15, 0.2) is 206 Å². The van der Waals surface area contributed by atoms with Crippen molar-refractivity contribution in [2.24, 2.45) is 0 Å². The maximum atomic E-state index is 2.45. The number of fused-ring (bicyclic) bond motifs is 7. The minimum atomic E-state index is 1.10. The molecule has 0 aliphatic rings. The Hall–Kier alpha value is -7.42. The first-order chi connectivity index (χ1) is 31.7. The fourth-order valence-electron chi connectivity index (χ4n) is 10.0. The van der Waals surface area contributed by atoms with E-state index in [9.17, 15) is 0 Å². The second kappa shape index (κ2) is 17.0. The Bertz CT molecular complexity index is 3420. The van der Waals surface area contributed by atoms with Crippen molar-refractivity contribution in [3.8, 4) is 55.9 Å². The predicted octanol–water partition coefficient (Wildman–Crippen LogP) is 17.2. The molecule has 0 unspecified atom stereocenters. The Labute approximate surface area is 376 Å². The van der Waals surface area contributed by atoms with Crippen molar-refractivity contribution in [3.63, 3.8) is 0 Å². The van der Waals surface area contributed by atoms with Gasteiger partial charge in [-0.05, 0) is 136 Å². The number of hydrogen-bond acceptors (Lipinski definition) is 0. The van der Waals surface area contributed by atoms with E-state index < -0.39 is 0 Å². The summed E-state index contributed by atoms with van der Waals surface area (Å²) in [4.78, 5) is 0. The van der Waals surface area contributed by atoms with Crippen LogP contribution in [0.3, 0.4) is 0 Å². The summed E-state index contributed by atoms with van der Waals surface area (Å²) in [5.41, 5.74) is 19.9. The van der Waals surface area contributed by atoms with E-state index in [1.54, 1.807) is 0 Å². The Morgan fingerprint density at radius 2 is 0.766 bits per heavy atom. The Morgan fingerprint density at radius 1 is 0.312 bits per heavy atom. The van der Waals surface area contributed by atoms with Gasteiger partial charge in [-0.1, -0.05) is 178 Å². The highest BCUT2D eigenvalue weighted by Gasteiger charge is 2.21. The molecule has 9 aromatic carbocycles. The Balaban J connectivity index is 0.985. The number of aromatic nitrogens is 2. The van der Waals surface area contributed by atoms with Gasteiger partial charge >= 0.3 is 0 Å². The van der Waals surface area contributed by atoms with Crippen molar-refractivity contribution in [3.05, 3.63) is 217 Å². The molecule has 0 fully saturated rings. The van der Waals surface area contributed by atoms with E-state index in [1.807, 2.05) is 0 Å². The quantitative estimate of drug-likeness (QED) is 0.116. The number of hydrogen-bond donors (Lipinski definition) is 0. The molecule has 0 radical (unpaired) electrons. The zero-order chi connectivity index (χ0) is 43.0. The normalized spacial score (nSPS) is 11.7. The highest BCUT2D eigenvalue weighted by atomic mass is 15.0. The summed E-state index contributed by atoms with van der Waals surface area (Å²) >= 11 is 0. The van der Waals surface area contributed by atoms with Crippen LogP contribution >= 0.6 is 0 Å². The van der Waals surface area contributed by atoms with Crippen molar-refractivity contribution in [1.29, 1.82) is 0 Å². The van der Waals surface area contributed by atoms with Gasteiger partial charge in [0.1, 0.15) is 0 Å². The number of benzene rings is 9. The zero-order valence-corrected chi connectivity index (χ0v) is 36.8. The average molecular weight is 825 g/mol. The molecule has 0 amide bonds. The number of unbranched alkanes of at least 4 members (excludes halogenated alkanes) is 2. The first-order valence-electron chi connectivity index (χ1n) is 23.2. The first kappa shape index (κ1) is 39.4. The molecule has 0 spiro atoms. The molecule has 11 rings (SSSR count). The van der Waals surface area contributed by atoms with Gasteiger partial charge in [0.2, 0.25) is 0 Å². The molecular weight excluding hydrogens is 773 g/mol. The third-order valence-corrected chi connectivity index (χ3v) is 13.3. The largest absolute Gasteiger partial charge is 0.309 e. The van der Waals surface area contributed by atoms with Crippen molar-refractivity contribution >= 4 is 43.6 Å². The summed E-state index contributed by atoms with van der Waals surface area (Å²) in [6.07, 6.45) is 7.09. The van der Waals surface area contributed by atoms with E-state index in [4.69, 9.17) is 0 Å². The van der Waals surface area contributed by atoms with E-state index in [2.05, 4.69) is 229 Å². The van der Waals surface area contributed by atoms with Crippen LogP contribution in [0.1, 0.15) is 50.7 Å². The minimum absolute atomic E-state index is 1.10. The van der Waals surface area contributed by atoms with Gasteiger partial charge in [0.05, 0.1) is 22.1 Å². The van der Waals surface area contributed by atoms with E-state index in [0.29, 0.717) is 0 Å². The lowest BCUT2D eigenvalue weighted by Gasteiger charge is -2.14. The third-order valence-electron chi connectivity index (χ3n) is 13.3. The number of rotatable bonds is 12. The highest BCUT2D eigenvalue weighted by molar-refractivity contribution is 6.28. The molecule has 11 aromatic rings. The van der Waals surface area contributed by atoms with E-state index in [1.165, 1.54) is 125 Å². The summed E-state index contributed by atoms with van der Waals surface area (Å²) in [5, 5.41) is 5.09. The third kappa shape index (κ3) is 7.10. The predicted molar refractivity (Wildman–Crippen MR) is 274 cm³/mol. The monoisotopic (exact) mass is 824 g/mol. The van der Waals surface area contributed by atoms with E-state index in [0.717, 1.165) is 24.2 Å². The molecule has 0 aliphatic carbocycles. The Kier molecular flexibility index (Phi) is 10.5.